The van der Waals surface area contributed by atoms with Crippen molar-refractivity contribution in [2.75, 3.05) is 0 Å². The molecule has 0 saturated carbocycles. The van der Waals surface area contributed by atoms with Gasteiger partial charge >= 0.3 is 0 Å². The maximum absolute atomic E-state index is 2.24. The average Bonchev–Trinajstić information content (AvgIpc) is 3.72. The van der Waals surface area contributed by atoms with Crippen LogP contribution < -0.4 is 0 Å². The van der Waals surface area contributed by atoms with E-state index in [1.807, 2.05) is 119 Å². The minimum absolute atomic E-state index is 0. The van der Waals surface area contributed by atoms with Crippen LogP contribution in [-0.4, -0.2) is 0 Å². The minimum atomic E-state index is 0. The van der Waals surface area contributed by atoms with E-state index in [2.05, 4.69) is 294 Å². The lowest BCUT2D eigenvalue weighted by molar-refractivity contribution is 1.22. The maximum atomic E-state index is 2.24. The maximum Gasteiger partial charge on any atom is -0.0392 e. The van der Waals surface area contributed by atoms with Crippen molar-refractivity contribution in [1.29, 1.82) is 0 Å². The van der Waals surface area contributed by atoms with Crippen molar-refractivity contribution >= 4 is 0 Å². The normalized spacial score (nSPS) is 8.93. The van der Waals surface area contributed by atoms with E-state index in [9.17, 15) is 0 Å². The fraction of sp³-hybridized carbons (Fsp3) is 0.333. The van der Waals surface area contributed by atoms with Crippen LogP contribution in [-0.2, 0) is 0 Å². The van der Waals surface area contributed by atoms with E-state index in [0.717, 1.165) is 0 Å². The fourth-order valence-electron chi connectivity index (χ4n) is 8.43. The van der Waals surface area contributed by atoms with Gasteiger partial charge in [-0.15, -0.1) is 0 Å². The van der Waals surface area contributed by atoms with Crippen molar-refractivity contribution in [3.63, 3.8) is 0 Å². The smallest absolute Gasteiger partial charge is 0.0392 e. The van der Waals surface area contributed by atoms with Gasteiger partial charge in [-0.3, -0.25) is 0 Å². The molecule has 0 N–H and O–H groups in total. The summed E-state index contributed by atoms with van der Waals surface area (Å²) in [7, 11) is 0. The summed E-state index contributed by atoms with van der Waals surface area (Å²) in [5, 5.41) is 0. The van der Waals surface area contributed by atoms with Gasteiger partial charge in [-0.1, -0.05) is 305 Å². The predicted octanol–water partition coefficient (Wildman–Crippen LogP) is 27.6. The Morgan fingerprint density at radius 2 is 0.344 bits per heavy atom. The van der Waals surface area contributed by atoms with E-state index in [4.69, 9.17) is 0 Å². The van der Waals surface area contributed by atoms with Gasteiger partial charge in [0, 0.05) is 0 Å². The molecule has 0 bridgehead atoms. The Balaban J connectivity index is -0.000000454. The summed E-state index contributed by atoms with van der Waals surface area (Å²) < 4.78 is 0. The standard InChI is InChI=1S/3C10H14.3C9H12.3C7H8.C6H6.2C2H6.2CH4/c1-7-5-9(3)10(4)6-8(7)2;1-7-5-8(2)10(4)9(3)6-7;1-7-5-6-8(2)10(4)9(7)3;1-7-4-8(2)6-9(3)5-7;1-7-4-5-8(2)9(3)6-7;1-7-5-4-6-8(2)9(7)3;3*1-7-5-3-2-4-6-7;1-2-4-6-5-3-1;2*1-2;;/h3*5-6H,1-4H3;3*4-6H,1-3H3;3*2-6H,1H3;1-6H;2*1-2H3;2*1H4. The molecule has 10 rings (SSSR count). The van der Waals surface area contributed by atoms with Crippen molar-refractivity contribution in [2.45, 2.75) is 209 Å². The van der Waals surface area contributed by atoms with Crippen molar-refractivity contribution in [3.8, 4) is 0 Å². The van der Waals surface area contributed by atoms with Gasteiger partial charge < -0.3 is 0 Å². The largest absolute Gasteiger partial charge is 0.0776 e. The third-order valence-corrected chi connectivity index (χ3v) is 14.9. The number of aryl methyl sites for hydroxylation is 20. The van der Waals surface area contributed by atoms with Crippen LogP contribution in [0.15, 0.2) is 218 Å². The molecule has 0 heterocycles. The Labute approximate surface area is 557 Å². The second kappa shape index (κ2) is 52.0. The molecule has 10 aromatic rings. The van der Waals surface area contributed by atoms with Crippen LogP contribution >= 0.6 is 0 Å². The highest BCUT2D eigenvalue weighted by Crippen LogP contribution is 2.17. The lowest BCUT2D eigenvalue weighted by Crippen LogP contribution is -1.88. The highest BCUT2D eigenvalue weighted by molar-refractivity contribution is 5.39. The summed E-state index contributed by atoms with van der Waals surface area (Å²) >= 11 is 0. The summed E-state index contributed by atoms with van der Waals surface area (Å²) in [6.45, 7) is 59.4. The van der Waals surface area contributed by atoms with E-state index >= 15 is 0 Å². The highest BCUT2D eigenvalue weighted by atomic mass is 14.0. The van der Waals surface area contributed by atoms with Gasteiger partial charge in [0.15, 0.2) is 0 Å². The van der Waals surface area contributed by atoms with Gasteiger partial charge in [-0.2, -0.15) is 0 Å². The van der Waals surface area contributed by atoms with Crippen molar-refractivity contribution in [2.24, 2.45) is 0 Å². The molecule has 0 amide bonds. The topological polar surface area (TPSA) is 0 Å². The first-order valence-electron chi connectivity index (χ1n) is 31.9. The zero-order valence-corrected chi connectivity index (χ0v) is 60.8. The second-order valence-electron chi connectivity index (χ2n) is 22.9. The van der Waals surface area contributed by atoms with Crippen molar-refractivity contribution in [1.82, 2.24) is 0 Å². The third kappa shape index (κ3) is 41.4. The van der Waals surface area contributed by atoms with Gasteiger partial charge in [0.1, 0.15) is 0 Å². The van der Waals surface area contributed by atoms with Crippen LogP contribution in [0.3, 0.4) is 0 Å². The minimum Gasteiger partial charge on any atom is -0.0776 e. The average molecular weight is 1210 g/mol. The van der Waals surface area contributed by atoms with E-state index in [1.165, 1.54) is 134 Å². The Morgan fingerprint density at radius 1 is 0.133 bits per heavy atom. The highest BCUT2D eigenvalue weighted by Gasteiger charge is 1.99. The fourth-order valence-corrected chi connectivity index (χ4v) is 8.43. The molecule has 0 aliphatic rings. The Bertz CT molecular complexity index is 3090. The summed E-state index contributed by atoms with van der Waals surface area (Å²) in [5.74, 6) is 0. The molecule has 0 aliphatic carbocycles. The van der Waals surface area contributed by atoms with Gasteiger partial charge in [-0.25, -0.2) is 0 Å². The molecule has 0 saturated heterocycles. The quantitative estimate of drug-likeness (QED) is 0.142. The Kier molecular flexibility index (Phi) is 51.2. The molecule has 0 spiro atoms. The second-order valence-corrected chi connectivity index (χ2v) is 22.9. The molecule has 488 valence electrons. The molecule has 0 aliphatic heterocycles. The molecule has 0 fully saturated rings. The van der Waals surface area contributed by atoms with Crippen LogP contribution in [0.2, 0.25) is 0 Å². The molecule has 0 nitrogen and oxygen atoms in total. The van der Waals surface area contributed by atoms with E-state index < -0.39 is 0 Å². The summed E-state index contributed by atoms with van der Waals surface area (Å²) in [6, 6.07) is 75.5. The van der Waals surface area contributed by atoms with Crippen LogP contribution in [0.4, 0.5) is 0 Å². The van der Waals surface area contributed by atoms with Crippen molar-refractivity contribution in [3.05, 3.63) is 352 Å². The van der Waals surface area contributed by atoms with Gasteiger partial charge in [-0.05, 0) is 255 Å². The Morgan fingerprint density at radius 3 is 0.578 bits per heavy atom. The molecule has 0 aromatic heterocycles. The van der Waals surface area contributed by atoms with Gasteiger partial charge in [0.25, 0.3) is 0 Å². The first-order chi connectivity index (χ1) is 41.6. The summed E-state index contributed by atoms with van der Waals surface area (Å²) in [5.41, 5.74) is 33.1. The van der Waals surface area contributed by atoms with E-state index in [-0.39, 0.29) is 14.9 Å². The Hall–Kier alpha value is -7.80. The zero-order valence-electron chi connectivity index (χ0n) is 60.8. The first kappa shape index (κ1) is 88.6. The van der Waals surface area contributed by atoms with Gasteiger partial charge in [0.05, 0.1) is 0 Å². The number of benzene rings is 10. The van der Waals surface area contributed by atoms with Crippen LogP contribution in [0, 0.1) is 166 Å². The number of hydrogen-bond donors (Lipinski definition) is 0. The van der Waals surface area contributed by atoms with Crippen LogP contribution in [0.25, 0.3) is 0 Å². The molecule has 90 heavy (non-hydrogen) atoms. The first-order valence-corrected chi connectivity index (χ1v) is 31.9. The summed E-state index contributed by atoms with van der Waals surface area (Å²) in [6.07, 6.45) is 0. The van der Waals surface area contributed by atoms with Crippen molar-refractivity contribution < 1.29 is 0 Å². The molecule has 0 radical (unpaired) electrons. The summed E-state index contributed by atoms with van der Waals surface area (Å²) in [4.78, 5) is 0. The third-order valence-electron chi connectivity index (χ3n) is 14.9. The molecule has 0 heteroatoms. The molecule has 10 aromatic carbocycles. The monoisotopic (exact) mass is 1210 g/mol. The SMILES string of the molecule is C.C.CC.CC.Cc1cc(C)c(C)c(C)c1.Cc1cc(C)c(C)cc1C.Cc1cc(C)cc(C)c1.Cc1ccc(C)c(C)c1.Cc1ccc(C)c(C)c1C.Cc1cccc(C)c1C.Cc1ccccc1.Cc1ccccc1.Cc1ccccc1.c1ccccc1. The van der Waals surface area contributed by atoms with Crippen LogP contribution in [0.5, 0.6) is 0 Å². The lowest BCUT2D eigenvalue weighted by Gasteiger charge is -2.06. The molecular weight excluding hydrogens is 1080 g/mol. The molecular formula is C90H128. The number of hydrogen-bond acceptors (Lipinski definition) is 0. The molecule has 0 atom stereocenters. The number of rotatable bonds is 0. The van der Waals surface area contributed by atoms with Gasteiger partial charge in [0.2, 0.25) is 0 Å². The van der Waals surface area contributed by atoms with E-state index in [1.54, 1.807) is 0 Å². The molecule has 0 unspecified atom stereocenters. The lowest BCUT2D eigenvalue weighted by atomic mass is 10.0. The zero-order chi connectivity index (χ0) is 67.3. The predicted molar refractivity (Wildman–Crippen MR) is 414 cm³/mol. The van der Waals surface area contributed by atoms with E-state index in [0.29, 0.717) is 0 Å². The van der Waals surface area contributed by atoms with Crippen LogP contribution in [0.1, 0.15) is 176 Å².